The molecule has 1 aliphatic heterocycles. The Morgan fingerprint density at radius 2 is 1.34 bits per heavy atom. The molecular weight excluding hydrogens is 729 g/mol. The molecule has 11 heteroatoms. The number of benzene rings is 6. The van der Waals surface area contributed by atoms with Gasteiger partial charge in [0.25, 0.3) is 11.6 Å². The van der Waals surface area contributed by atoms with Gasteiger partial charge in [0.2, 0.25) is 0 Å². The van der Waals surface area contributed by atoms with Crippen LogP contribution in [0.3, 0.4) is 0 Å². The van der Waals surface area contributed by atoms with E-state index >= 15 is 0 Å². The van der Waals surface area contributed by atoms with Crippen LogP contribution in [0.25, 0.3) is 10.9 Å². The van der Waals surface area contributed by atoms with Crippen molar-refractivity contribution in [3.8, 4) is 5.75 Å². The third-order valence-electron chi connectivity index (χ3n) is 10.8. The molecule has 1 amide bonds. The van der Waals surface area contributed by atoms with E-state index in [2.05, 4.69) is 15.1 Å². The van der Waals surface area contributed by atoms with E-state index in [9.17, 15) is 19.7 Å². The summed E-state index contributed by atoms with van der Waals surface area (Å²) >= 11 is 0. The number of hydrogen-bond acceptors (Lipinski definition) is 8. The third-order valence-corrected chi connectivity index (χ3v) is 10.8. The van der Waals surface area contributed by atoms with Crippen LogP contribution in [0.5, 0.6) is 5.75 Å². The lowest BCUT2D eigenvalue weighted by Gasteiger charge is -2.37. The fourth-order valence-electron chi connectivity index (χ4n) is 7.87. The molecule has 58 heavy (non-hydrogen) atoms. The summed E-state index contributed by atoms with van der Waals surface area (Å²) in [6.45, 7) is 5.41. The Kier molecular flexibility index (Phi) is 10.5. The summed E-state index contributed by atoms with van der Waals surface area (Å²) in [6, 6.07) is 47.0. The van der Waals surface area contributed by atoms with Crippen LogP contribution in [0.4, 0.5) is 17.2 Å². The minimum atomic E-state index is -1.07. The Morgan fingerprint density at radius 3 is 1.93 bits per heavy atom. The molecule has 1 N–H and O–H groups in total. The average molecular weight is 771 g/mol. The molecule has 290 valence electrons. The number of rotatable bonds is 12. The zero-order valence-corrected chi connectivity index (χ0v) is 32.2. The van der Waals surface area contributed by atoms with E-state index in [1.165, 1.54) is 12.1 Å². The van der Waals surface area contributed by atoms with Gasteiger partial charge < -0.3 is 19.9 Å². The number of ketones is 1. The predicted molar refractivity (Wildman–Crippen MR) is 226 cm³/mol. The molecule has 1 aromatic heterocycles. The first-order chi connectivity index (χ1) is 28.3. The van der Waals surface area contributed by atoms with Gasteiger partial charge in [-0.3, -0.25) is 19.7 Å². The number of likely N-dealkylation sites (N-methyl/N-ethyl adjacent to an activating group) is 1. The topological polar surface area (TPSA) is 123 Å². The van der Waals surface area contributed by atoms with Gasteiger partial charge in [0.15, 0.2) is 11.6 Å². The highest BCUT2D eigenvalue weighted by molar-refractivity contribution is 6.14. The Bertz CT molecular complexity index is 2510. The smallest absolute Gasteiger partial charge is 0.284 e. The summed E-state index contributed by atoms with van der Waals surface area (Å²) in [5, 5.41) is 21.2. The van der Waals surface area contributed by atoms with Gasteiger partial charge in [0.1, 0.15) is 16.9 Å². The van der Waals surface area contributed by atoms with Crippen molar-refractivity contribution in [1.29, 1.82) is 0 Å². The Hall–Kier alpha value is -7.11. The molecule has 1 saturated heterocycles. The third kappa shape index (κ3) is 7.08. The summed E-state index contributed by atoms with van der Waals surface area (Å²) in [4.78, 5) is 44.8. The highest BCUT2D eigenvalue weighted by Gasteiger charge is 2.41. The normalized spacial score (nSPS) is 13.3. The summed E-state index contributed by atoms with van der Waals surface area (Å²) in [7, 11) is 2.04. The summed E-state index contributed by atoms with van der Waals surface area (Å²) in [5.74, 6) is -0.228. The number of nitro benzene ring substituents is 1. The van der Waals surface area contributed by atoms with Gasteiger partial charge in [-0.15, -0.1) is 0 Å². The molecule has 8 rings (SSSR count). The Labute approximate surface area is 336 Å². The minimum Gasteiger partial charge on any atom is -0.494 e. The minimum absolute atomic E-state index is 0.106. The van der Waals surface area contributed by atoms with E-state index in [1.54, 1.807) is 42.5 Å². The fourth-order valence-corrected chi connectivity index (χ4v) is 7.87. The maximum absolute atomic E-state index is 14.4. The number of ether oxygens (including phenoxy) is 1. The van der Waals surface area contributed by atoms with Crippen molar-refractivity contribution < 1.29 is 19.2 Å². The second kappa shape index (κ2) is 16.2. The lowest BCUT2D eigenvalue weighted by molar-refractivity contribution is -0.385. The number of nitrogens with one attached hydrogen (secondary N) is 1. The lowest BCUT2D eigenvalue weighted by Crippen LogP contribution is -2.44. The van der Waals surface area contributed by atoms with E-state index in [1.807, 2.05) is 116 Å². The molecule has 2 heterocycles. The summed E-state index contributed by atoms with van der Waals surface area (Å²) < 4.78 is 7.56. The number of fused-ring (bicyclic) bond motifs is 1. The quantitative estimate of drug-likeness (QED) is 0.0569. The molecule has 0 saturated carbocycles. The fraction of sp³-hybridized carbons (Fsp3) is 0.170. The maximum Gasteiger partial charge on any atom is 0.284 e. The number of amides is 1. The van der Waals surface area contributed by atoms with E-state index in [4.69, 9.17) is 9.84 Å². The molecule has 6 aromatic carbocycles. The number of aromatic nitrogens is 2. The van der Waals surface area contributed by atoms with Gasteiger partial charge in [-0.05, 0) is 73.1 Å². The number of anilines is 2. The van der Waals surface area contributed by atoms with Crippen LogP contribution >= 0.6 is 0 Å². The molecule has 7 aromatic rings. The van der Waals surface area contributed by atoms with Crippen LogP contribution in [0.1, 0.15) is 49.9 Å². The number of nitrogens with zero attached hydrogens (tertiary/aromatic N) is 5. The van der Waals surface area contributed by atoms with Crippen molar-refractivity contribution in [3.05, 3.63) is 195 Å². The van der Waals surface area contributed by atoms with Crippen molar-refractivity contribution in [2.45, 2.75) is 12.5 Å². The highest BCUT2D eigenvalue weighted by atomic mass is 16.6. The van der Waals surface area contributed by atoms with E-state index in [0.717, 1.165) is 29.8 Å². The van der Waals surface area contributed by atoms with Gasteiger partial charge in [0.05, 0.1) is 17.0 Å². The highest BCUT2D eigenvalue weighted by Crippen LogP contribution is 2.44. The molecule has 0 spiro atoms. The monoisotopic (exact) mass is 770 g/mol. The second-order valence-corrected chi connectivity index (χ2v) is 14.3. The maximum atomic E-state index is 14.4. The van der Waals surface area contributed by atoms with Crippen molar-refractivity contribution in [3.63, 3.8) is 0 Å². The molecule has 0 atom stereocenters. The summed E-state index contributed by atoms with van der Waals surface area (Å²) in [6.07, 6.45) is 0. The first kappa shape index (κ1) is 37.8. The van der Waals surface area contributed by atoms with Crippen molar-refractivity contribution in [2.75, 3.05) is 50.1 Å². The van der Waals surface area contributed by atoms with Crippen LogP contribution < -0.4 is 15.0 Å². The van der Waals surface area contributed by atoms with Crippen LogP contribution in [-0.2, 0) is 5.54 Å². The molecule has 0 aliphatic carbocycles. The van der Waals surface area contributed by atoms with Crippen LogP contribution in [0.2, 0.25) is 0 Å². The van der Waals surface area contributed by atoms with E-state index in [0.29, 0.717) is 53.2 Å². The number of nitro groups is 1. The molecule has 11 nitrogen and oxygen atoms in total. The van der Waals surface area contributed by atoms with Gasteiger partial charge >= 0.3 is 0 Å². The number of piperazine rings is 1. The Balaban J connectivity index is 1.32. The molecule has 1 aliphatic rings. The zero-order chi connectivity index (χ0) is 40.2. The van der Waals surface area contributed by atoms with Crippen LogP contribution in [0, 0.1) is 10.1 Å². The van der Waals surface area contributed by atoms with Crippen molar-refractivity contribution >= 4 is 39.8 Å². The van der Waals surface area contributed by atoms with Gasteiger partial charge in [-0.25, -0.2) is 4.68 Å². The van der Waals surface area contributed by atoms with Crippen molar-refractivity contribution in [2.24, 2.45) is 0 Å². The second-order valence-electron chi connectivity index (χ2n) is 14.3. The van der Waals surface area contributed by atoms with Crippen molar-refractivity contribution in [1.82, 2.24) is 14.7 Å². The number of carbonyl (C=O) groups excluding carboxylic acids is 2. The largest absolute Gasteiger partial charge is 0.494 e. The zero-order valence-electron chi connectivity index (χ0n) is 32.2. The van der Waals surface area contributed by atoms with E-state index < -0.39 is 16.4 Å². The lowest BCUT2D eigenvalue weighted by atomic mass is 9.77. The SMILES string of the molecule is CCOc1cccc(C(=O)c2ccc3c(c2)c(NC(=O)c2ccc(N4CCN(C)CC4)cc2[N+](=O)[O-])nn3C(c2ccccc2)(c2ccccc2)c2ccccc2)c1. The Morgan fingerprint density at radius 1 is 0.741 bits per heavy atom. The standard InChI is InChI=1S/C47H42N6O5/c1-3-58-39-21-13-14-33(30-39)44(54)34-22-25-42-41(31-34)45(48-46(55)40-24-23-38(32-43(40)53(56)57)51-28-26-50(2)27-29-51)49-52(42)47(35-15-7-4-8-16-35,36-17-9-5-10-18-36)37-19-11-6-12-20-37/h4-25,30-32H,3,26-29H2,1-2H3,(H,48,49,55). The molecule has 0 radical (unpaired) electrons. The van der Waals surface area contributed by atoms with Crippen LogP contribution in [0.15, 0.2) is 152 Å². The first-order valence-electron chi connectivity index (χ1n) is 19.3. The molecule has 0 bridgehead atoms. The number of carbonyl (C=O) groups is 2. The first-order valence-corrected chi connectivity index (χ1v) is 19.3. The summed E-state index contributed by atoms with van der Waals surface area (Å²) in [5.41, 5.74) is 3.31. The predicted octanol–water partition coefficient (Wildman–Crippen LogP) is 8.42. The van der Waals surface area contributed by atoms with Crippen LogP contribution in [-0.4, -0.2) is 71.1 Å². The molecule has 1 fully saturated rings. The van der Waals surface area contributed by atoms with Gasteiger partial charge in [-0.2, -0.15) is 5.10 Å². The number of hydrogen-bond donors (Lipinski definition) is 1. The van der Waals surface area contributed by atoms with Gasteiger partial charge in [-0.1, -0.05) is 103 Å². The van der Waals surface area contributed by atoms with E-state index in [-0.39, 0.29) is 22.9 Å². The molecular formula is C47H42N6O5. The average Bonchev–Trinajstić information content (AvgIpc) is 3.62. The molecule has 0 unspecified atom stereocenters. The van der Waals surface area contributed by atoms with Gasteiger partial charge in [0, 0.05) is 54.4 Å².